The molecule has 1 heterocycles. The van der Waals surface area contributed by atoms with Crippen molar-refractivity contribution in [1.82, 2.24) is 15.1 Å². The lowest BCUT2D eigenvalue weighted by Crippen LogP contribution is -2.33. The largest absolute Gasteiger partial charge is 0.349 e. The zero-order valence-corrected chi connectivity index (χ0v) is 15.0. The highest BCUT2D eigenvalue weighted by atomic mass is 16.1. The minimum absolute atomic E-state index is 0.0287. The zero-order valence-electron chi connectivity index (χ0n) is 15.0. The van der Waals surface area contributed by atoms with Gasteiger partial charge in [-0.15, -0.1) is 0 Å². The molecule has 0 radical (unpaired) electrons. The molecule has 1 atom stereocenters. The topological polar surface area (TPSA) is 46.9 Å². The summed E-state index contributed by atoms with van der Waals surface area (Å²) in [6.07, 6.45) is 0.376. The average Bonchev–Trinajstić information content (AvgIpc) is 2.72. The van der Waals surface area contributed by atoms with Crippen LogP contribution in [0.2, 0.25) is 0 Å². The fourth-order valence-electron chi connectivity index (χ4n) is 3.00. The molecular weight excluding hydrogens is 286 g/mol. The monoisotopic (exact) mass is 313 g/mol. The minimum Gasteiger partial charge on any atom is -0.349 e. The highest BCUT2D eigenvalue weighted by Gasteiger charge is 2.21. The molecule has 124 valence electrons. The SMILES string of the molecule is Cc1ccccc1[C@@H](NC(=O)Cc1c(C)nn(C)c1C)C(C)C. The third-order valence-corrected chi connectivity index (χ3v) is 4.50. The Labute approximate surface area is 138 Å². The fraction of sp³-hybridized carbons (Fsp3) is 0.474. The van der Waals surface area contributed by atoms with Gasteiger partial charge in [0.1, 0.15) is 0 Å². The van der Waals surface area contributed by atoms with Crippen LogP contribution in [0.4, 0.5) is 0 Å². The highest BCUT2D eigenvalue weighted by Crippen LogP contribution is 2.25. The highest BCUT2D eigenvalue weighted by molar-refractivity contribution is 5.79. The number of aromatic nitrogens is 2. The first-order valence-electron chi connectivity index (χ1n) is 8.15. The Balaban J connectivity index is 2.18. The molecule has 1 N–H and O–H groups in total. The normalized spacial score (nSPS) is 12.5. The van der Waals surface area contributed by atoms with Crippen LogP contribution in [0.5, 0.6) is 0 Å². The van der Waals surface area contributed by atoms with E-state index in [-0.39, 0.29) is 11.9 Å². The number of nitrogens with one attached hydrogen (secondary N) is 1. The van der Waals surface area contributed by atoms with Gasteiger partial charge >= 0.3 is 0 Å². The summed E-state index contributed by atoms with van der Waals surface area (Å²) in [7, 11) is 1.91. The molecule has 0 aliphatic carbocycles. The van der Waals surface area contributed by atoms with Gasteiger partial charge in [0.2, 0.25) is 5.91 Å². The summed E-state index contributed by atoms with van der Waals surface area (Å²) in [4.78, 5) is 12.6. The second-order valence-electron chi connectivity index (χ2n) is 6.60. The van der Waals surface area contributed by atoms with Crippen molar-refractivity contribution in [3.63, 3.8) is 0 Å². The molecule has 0 saturated carbocycles. The molecule has 0 bridgehead atoms. The van der Waals surface area contributed by atoms with Gasteiger partial charge in [-0.25, -0.2) is 0 Å². The molecule has 4 nitrogen and oxygen atoms in total. The van der Waals surface area contributed by atoms with Gasteiger partial charge in [-0.05, 0) is 37.8 Å². The van der Waals surface area contributed by atoms with Gasteiger partial charge in [0, 0.05) is 18.3 Å². The van der Waals surface area contributed by atoms with E-state index in [0.717, 1.165) is 17.0 Å². The molecule has 0 aliphatic rings. The van der Waals surface area contributed by atoms with Gasteiger partial charge in [0.15, 0.2) is 0 Å². The van der Waals surface area contributed by atoms with Gasteiger partial charge in [-0.2, -0.15) is 5.10 Å². The molecule has 0 unspecified atom stereocenters. The Bertz CT molecular complexity index is 701. The third kappa shape index (κ3) is 3.81. The minimum atomic E-state index is 0.0287. The van der Waals surface area contributed by atoms with Gasteiger partial charge < -0.3 is 5.32 Å². The van der Waals surface area contributed by atoms with E-state index in [9.17, 15) is 4.79 Å². The van der Waals surface area contributed by atoms with E-state index in [4.69, 9.17) is 0 Å². The maximum atomic E-state index is 12.6. The van der Waals surface area contributed by atoms with Crippen molar-refractivity contribution in [1.29, 1.82) is 0 Å². The van der Waals surface area contributed by atoms with Gasteiger partial charge in [-0.3, -0.25) is 9.48 Å². The van der Waals surface area contributed by atoms with Crippen molar-refractivity contribution in [3.8, 4) is 0 Å². The number of carbonyl (C=O) groups is 1. The van der Waals surface area contributed by atoms with Crippen LogP contribution in [-0.2, 0) is 18.3 Å². The summed E-state index contributed by atoms with van der Waals surface area (Å²) in [5.41, 5.74) is 5.40. The number of aryl methyl sites for hydroxylation is 3. The number of hydrogen-bond acceptors (Lipinski definition) is 2. The average molecular weight is 313 g/mol. The van der Waals surface area contributed by atoms with Crippen molar-refractivity contribution in [3.05, 3.63) is 52.3 Å². The molecule has 2 aromatic rings. The molecule has 1 amide bonds. The molecular formula is C19H27N3O. The van der Waals surface area contributed by atoms with Crippen molar-refractivity contribution in [2.24, 2.45) is 13.0 Å². The van der Waals surface area contributed by atoms with Gasteiger partial charge in [0.05, 0.1) is 18.2 Å². The summed E-state index contributed by atoms with van der Waals surface area (Å²) in [6, 6.07) is 8.27. The van der Waals surface area contributed by atoms with Crippen molar-refractivity contribution >= 4 is 5.91 Å². The first kappa shape index (κ1) is 17.3. The molecule has 2 rings (SSSR count). The van der Waals surface area contributed by atoms with E-state index in [1.807, 2.05) is 37.7 Å². The van der Waals surface area contributed by atoms with Crippen LogP contribution in [0.25, 0.3) is 0 Å². The Hall–Kier alpha value is -2.10. The predicted octanol–water partition coefficient (Wildman–Crippen LogP) is 3.40. The zero-order chi connectivity index (χ0) is 17.1. The van der Waals surface area contributed by atoms with Crippen LogP contribution in [0, 0.1) is 26.7 Å². The van der Waals surface area contributed by atoms with Crippen LogP contribution in [0.3, 0.4) is 0 Å². The molecule has 1 aromatic heterocycles. The van der Waals surface area contributed by atoms with Crippen molar-refractivity contribution in [2.75, 3.05) is 0 Å². The Morgan fingerprint density at radius 2 is 1.87 bits per heavy atom. The number of benzene rings is 1. The maximum absolute atomic E-state index is 12.6. The number of hydrogen-bond donors (Lipinski definition) is 1. The Kier molecular flexibility index (Phi) is 5.24. The number of rotatable bonds is 5. The van der Waals surface area contributed by atoms with E-state index in [2.05, 4.69) is 43.3 Å². The van der Waals surface area contributed by atoms with Crippen LogP contribution in [0.1, 0.15) is 48.0 Å². The molecule has 0 spiro atoms. The number of carbonyl (C=O) groups excluding carboxylic acids is 1. The third-order valence-electron chi connectivity index (χ3n) is 4.50. The lowest BCUT2D eigenvalue weighted by molar-refractivity contribution is -0.121. The maximum Gasteiger partial charge on any atom is 0.225 e. The van der Waals surface area contributed by atoms with E-state index in [1.165, 1.54) is 11.1 Å². The second kappa shape index (κ2) is 6.99. The van der Waals surface area contributed by atoms with Gasteiger partial charge in [0.25, 0.3) is 0 Å². The molecule has 23 heavy (non-hydrogen) atoms. The molecule has 0 saturated heterocycles. The summed E-state index contributed by atoms with van der Waals surface area (Å²) in [6.45, 7) is 10.3. The number of amides is 1. The molecule has 1 aromatic carbocycles. The molecule has 4 heteroatoms. The van der Waals surface area contributed by atoms with E-state index >= 15 is 0 Å². The summed E-state index contributed by atoms with van der Waals surface area (Å²) < 4.78 is 1.83. The van der Waals surface area contributed by atoms with Gasteiger partial charge in [-0.1, -0.05) is 38.1 Å². The lowest BCUT2D eigenvalue weighted by Gasteiger charge is -2.24. The molecule has 0 aliphatic heterocycles. The van der Waals surface area contributed by atoms with Crippen LogP contribution >= 0.6 is 0 Å². The smallest absolute Gasteiger partial charge is 0.225 e. The number of nitrogens with zero attached hydrogens (tertiary/aromatic N) is 2. The fourth-order valence-corrected chi connectivity index (χ4v) is 3.00. The van der Waals surface area contributed by atoms with E-state index in [1.54, 1.807) is 0 Å². The predicted molar refractivity (Wildman–Crippen MR) is 93.3 cm³/mol. The first-order valence-corrected chi connectivity index (χ1v) is 8.15. The van der Waals surface area contributed by atoms with E-state index in [0.29, 0.717) is 12.3 Å². The summed E-state index contributed by atoms with van der Waals surface area (Å²) >= 11 is 0. The van der Waals surface area contributed by atoms with Crippen LogP contribution in [-0.4, -0.2) is 15.7 Å². The van der Waals surface area contributed by atoms with E-state index < -0.39 is 0 Å². The first-order chi connectivity index (χ1) is 10.8. The Morgan fingerprint density at radius 1 is 1.22 bits per heavy atom. The van der Waals surface area contributed by atoms with Crippen molar-refractivity contribution < 1.29 is 4.79 Å². The van der Waals surface area contributed by atoms with Crippen LogP contribution in [0.15, 0.2) is 24.3 Å². The molecule has 0 fully saturated rings. The lowest BCUT2D eigenvalue weighted by atomic mass is 9.92. The Morgan fingerprint density at radius 3 is 2.39 bits per heavy atom. The van der Waals surface area contributed by atoms with Crippen molar-refractivity contribution in [2.45, 2.75) is 47.1 Å². The summed E-state index contributed by atoms with van der Waals surface area (Å²) in [5, 5.41) is 7.60. The van der Waals surface area contributed by atoms with Crippen LogP contribution < -0.4 is 5.32 Å². The standard InChI is InChI=1S/C19H27N3O/c1-12(2)19(16-10-8-7-9-13(16)3)20-18(23)11-17-14(4)21-22(6)15(17)5/h7-10,12,19H,11H2,1-6H3,(H,20,23)/t19-/m0/s1. The quantitative estimate of drug-likeness (QED) is 0.919. The second-order valence-corrected chi connectivity index (χ2v) is 6.60. The summed E-state index contributed by atoms with van der Waals surface area (Å²) in [5.74, 6) is 0.377.